The van der Waals surface area contributed by atoms with Crippen molar-refractivity contribution in [2.24, 2.45) is 0 Å². The summed E-state index contributed by atoms with van der Waals surface area (Å²) in [5.41, 5.74) is 0.894. The van der Waals surface area contributed by atoms with Crippen LogP contribution in [0, 0.1) is 17.1 Å². The Balaban J connectivity index is 2.11. The van der Waals surface area contributed by atoms with Gasteiger partial charge in [-0.15, -0.1) is 0 Å². The Morgan fingerprint density at radius 1 is 1.29 bits per heavy atom. The van der Waals surface area contributed by atoms with E-state index >= 15 is 0 Å². The molecule has 2 aromatic carbocycles. The van der Waals surface area contributed by atoms with Gasteiger partial charge in [0.05, 0.1) is 23.6 Å². The number of hydrogen-bond acceptors (Lipinski definition) is 4. The zero-order valence-electron chi connectivity index (χ0n) is 12.7. The van der Waals surface area contributed by atoms with Crippen molar-refractivity contribution in [1.82, 2.24) is 9.97 Å². The van der Waals surface area contributed by atoms with Crippen molar-refractivity contribution < 1.29 is 9.13 Å². The Morgan fingerprint density at radius 3 is 2.71 bits per heavy atom. The molecule has 0 radical (unpaired) electrons. The number of halogens is 1. The Labute approximate surface area is 136 Å². The van der Waals surface area contributed by atoms with Crippen LogP contribution in [0.2, 0.25) is 0 Å². The van der Waals surface area contributed by atoms with Crippen LogP contribution in [-0.2, 0) is 0 Å². The lowest BCUT2D eigenvalue weighted by Gasteiger charge is -2.04. The molecule has 3 rings (SSSR count). The third kappa shape index (κ3) is 3.01. The van der Waals surface area contributed by atoms with Gasteiger partial charge in [0.1, 0.15) is 17.6 Å². The van der Waals surface area contributed by atoms with Gasteiger partial charge in [-0.05, 0) is 42.0 Å². The van der Waals surface area contributed by atoms with E-state index in [1.807, 2.05) is 6.07 Å². The third-order valence-corrected chi connectivity index (χ3v) is 3.47. The molecule has 0 bridgehead atoms. The van der Waals surface area contributed by atoms with Gasteiger partial charge in [0.25, 0.3) is 5.56 Å². The monoisotopic (exact) mass is 321 g/mol. The number of allylic oxidation sites excluding steroid dienone is 1. The van der Waals surface area contributed by atoms with E-state index in [-0.39, 0.29) is 22.8 Å². The van der Waals surface area contributed by atoms with Crippen LogP contribution in [-0.4, -0.2) is 17.1 Å². The van der Waals surface area contributed by atoms with Crippen LogP contribution in [0.15, 0.2) is 47.3 Å². The zero-order chi connectivity index (χ0) is 17.1. The number of methoxy groups -OCH3 is 1. The fourth-order valence-corrected chi connectivity index (χ4v) is 2.25. The SMILES string of the molecule is COc1ccc2nc(C(C#N)=Cc3ccc(F)cc3)[nH]c(=O)c2c1. The highest BCUT2D eigenvalue weighted by atomic mass is 19.1. The fraction of sp³-hybridized carbons (Fsp3) is 0.0556. The molecule has 1 heterocycles. The van der Waals surface area contributed by atoms with E-state index in [1.54, 1.807) is 18.2 Å². The van der Waals surface area contributed by atoms with Crippen LogP contribution in [0.5, 0.6) is 5.75 Å². The zero-order valence-corrected chi connectivity index (χ0v) is 12.7. The summed E-state index contributed by atoms with van der Waals surface area (Å²) in [7, 11) is 1.51. The number of nitriles is 1. The second kappa shape index (κ2) is 6.34. The average Bonchev–Trinajstić information content (AvgIpc) is 2.61. The first kappa shape index (κ1) is 15.4. The topological polar surface area (TPSA) is 78.8 Å². The molecule has 1 aromatic heterocycles. The lowest BCUT2D eigenvalue weighted by molar-refractivity contribution is 0.415. The largest absolute Gasteiger partial charge is 0.497 e. The van der Waals surface area contributed by atoms with E-state index in [4.69, 9.17) is 4.74 Å². The highest BCUT2D eigenvalue weighted by molar-refractivity contribution is 5.89. The number of aromatic nitrogens is 2. The lowest BCUT2D eigenvalue weighted by Crippen LogP contribution is -2.11. The van der Waals surface area contributed by atoms with Gasteiger partial charge in [0.15, 0.2) is 5.82 Å². The van der Waals surface area contributed by atoms with Crippen molar-refractivity contribution in [3.05, 3.63) is 70.0 Å². The smallest absolute Gasteiger partial charge is 0.259 e. The minimum atomic E-state index is -0.367. The highest BCUT2D eigenvalue weighted by Gasteiger charge is 2.09. The molecule has 0 unspecified atom stereocenters. The first-order valence-electron chi connectivity index (χ1n) is 7.06. The summed E-state index contributed by atoms with van der Waals surface area (Å²) < 4.78 is 18.1. The maximum atomic E-state index is 13.0. The molecule has 0 saturated heterocycles. The summed E-state index contributed by atoms with van der Waals surface area (Å²) in [5.74, 6) is 0.339. The van der Waals surface area contributed by atoms with Crippen LogP contribution < -0.4 is 10.3 Å². The maximum absolute atomic E-state index is 13.0. The molecule has 0 atom stereocenters. The molecule has 0 spiro atoms. The van der Waals surface area contributed by atoms with Crippen LogP contribution in [0.4, 0.5) is 4.39 Å². The van der Waals surface area contributed by atoms with Crippen molar-refractivity contribution in [2.45, 2.75) is 0 Å². The van der Waals surface area contributed by atoms with Gasteiger partial charge in [-0.1, -0.05) is 12.1 Å². The third-order valence-electron chi connectivity index (χ3n) is 3.47. The summed E-state index contributed by atoms with van der Waals surface area (Å²) in [6, 6.07) is 12.6. The molecular weight excluding hydrogens is 309 g/mol. The number of benzene rings is 2. The average molecular weight is 321 g/mol. The maximum Gasteiger partial charge on any atom is 0.259 e. The summed E-state index contributed by atoms with van der Waals surface area (Å²) in [5, 5.41) is 9.74. The predicted molar refractivity (Wildman–Crippen MR) is 88.8 cm³/mol. The van der Waals surface area contributed by atoms with Crippen molar-refractivity contribution >= 4 is 22.6 Å². The Bertz CT molecular complexity index is 1030. The van der Waals surface area contributed by atoms with E-state index < -0.39 is 0 Å². The van der Waals surface area contributed by atoms with Gasteiger partial charge in [-0.25, -0.2) is 9.37 Å². The number of ether oxygens (including phenoxy) is 1. The standard InChI is InChI=1S/C18H12FN3O2/c1-24-14-6-7-16-15(9-14)18(23)22-17(21-16)12(10-20)8-11-2-4-13(19)5-3-11/h2-9H,1H3,(H,21,22,23). The summed E-state index contributed by atoms with van der Waals surface area (Å²) in [6.45, 7) is 0. The van der Waals surface area contributed by atoms with E-state index in [2.05, 4.69) is 9.97 Å². The second-order valence-electron chi connectivity index (χ2n) is 5.02. The summed E-state index contributed by atoms with van der Waals surface area (Å²) >= 11 is 0. The molecule has 0 aliphatic rings. The van der Waals surface area contributed by atoms with Crippen LogP contribution >= 0.6 is 0 Å². The lowest BCUT2D eigenvalue weighted by atomic mass is 10.1. The Kier molecular flexibility index (Phi) is 4.08. The number of H-pyrrole nitrogens is 1. The quantitative estimate of drug-likeness (QED) is 0.752. The van der Waals surface area contributed by atoms with Gasteiger partial charge >= 0.3 is 0 Å². The Morgan fingerprint density at radius 2 is 2.04 bits per heavy atom. The van der Waals surface area contributed by atoms with E-state index in [0.717, 1.165) is 0 Å². The molecule has 24 heavy (non-hydrogen) atoms. The summed E-state index contributed by atoms with van der Waals surface area (Å²) in [6.07, 6.45) is 1.53. The van der Waals surface area contributed by atoms with Gasteiger partial charge in [0.2, 0.25) is 0 Å². The fourth-order valence-electron chi connectivity index (χ4n) is 2.25. The Hall–Kier alpha value is -3.46. The molecule has 118 valence electrons. The molecule has 0 aliphatic carbocycles. The number of rotatable bonds is 3. The van der Waals surface area contributed by atoms with E-state index in [1.165, 1.54) is 37.5 Å². The van der Waals surface area contributed by atoms with Crippen LogP contribution in [0.3, 0.4) is 0 Å². The molecular formula is C18H12FN3O2. The van der Waals surface area contributed by atoms with Gasteiger partial charge in [0, 0.05) is 0 Å². The van der Waals surface area contributed by atoms with Crippen molar-refractivity contribution in [3.63, 3.8) is 0 Å². The highest BCUT2D eigenvalue weighted by Crippen LogP contribution is 2.19. The van der Waals surface area contributed by atoms with Crippen molar-refractivity contribution in [1.29, 1.82) is 5.26 Å². The number of fused-ring (bicyclic) bond motifs is 1. The van der Waals surface area contributed by atoms with Gasteiger partial charge < -0.3 is 9.72 Å². The minimum Gasteiger partial charge on any atom is -0.497 e. The number of hydrogen-bond donors (Lipinski definition) is 1. The minimum absolute atomic E-state index is 0.157. The molecule has 0 fully saturated rings. The van der Waals surface area contributed by atoms with Crippen LogP contribution in [0.25, 0.3) is 22.6 Å². The van der Waals surface area contributed by atoms with E-state index in [9.17, 15) is 14.4 Å². The molecule has 0 amide bonds. The number of nitrogens with zero attached hydrogens (tertiary/aromatic N) is 2. The van der Waals surface area contributed by atoms with Crippen molar-refractivity contribution in [3.8, 4) is 11.8 Å². The second-order valence-corrected chi connectivity index (χ2v) is 5.02. The normalized spacial score (nSPS) is 11.3. The first-order chi connectivity index (χ1) is 11.6. The van der Waals surface area contributed by atoms with Crippen LogP contribution in [0.1, 0.15) is 11.4 Å². The predicted octanol–water partition coefficient (Wildman–Crippen LogP) is 3.13. The number of aromatic amines is 1. The molecule has 3 aromatic rings. The van der Waals surface area contributed by atoms with Gasteiger partial charge in [-0.2, -0.15) is 5.26 Å². The van der Waals surface area contributed by atoms with Crippen molar-refractivity contribution in [2.75, 3.05) is 7.11 Å². The first-order valence-corrected chi connectivity index (χ1v) is 7.06. The number of nitrogens with one attached hydrogen (secondary N) is 1. The molecule has 6 heteroatoms. The molecule has 5 nitrogen and oxygen atoms in total. The van der Waals surface area contributed by atoms with Gasteiger partial charge in [-0.3, -0.25) is 4.79 Å². The van der Waals surface area contributed by atoms with E-state index in [0.29, 0.717) is 22.2 Å². The molecule has 0 aliphatic heterocycles. The molecule has 0 saturated carbocycles. The molecule has 1 N–H and O–H groups in total. The summed E-state index contributed by atoms with van der Waals surface area (Å²) in [4.78, 5) is 19.2.